The maximum Gasteiger partial charge on any atom is 0.321 e. The lowest BCUT2D eigenvalue weighted by molar-refractivity contribution is 0.0678. The number of carbonyl (C=O) groups excluding carboxylic acids is 1. The van der Waals surface area contributed by atoms with E-state index in [2.05, 4.69) is 14.9 Å². The minimum Gasteiger partial charge on any atom is -0.322 e. The molecule has 1 aromatic carbocycles. The normalized spacial score (nSPS) is 23.7. The van der Waals surface area contributed by atoms with E-state index in [1.165, 1.54) is 12.8 Å². The zero-order valence-corrected chi connectivity index (χ0v) is 16.4. The lowest BCUT2D eigenvalue weighted by atomic mass is 10.00. The molecule has 1 atom stereocenters. The van der Waals surface area contributed by atoms with E-state index >= 15 is 0 Å². The van der Waals surface area contributed by atoms with Gasteiger partial charge in [-0.05, 0) is 62.4 Å². The third kappa shape index (κ3) is 4.62. The van der Waals surface area contributed by atoms with Crippen molar-refractivity contribution in [3.05, 3.63) is 24.3 Å². The van der Waals surface area contributed by atoms with Crippen molar-refractivity contribution < 1.29 is 13.2 Å². The number of nitrogens with zero attached hydrogens (tertiary/aromatic N) is 2. The molecule has 0 bridgehead atoms. The fourth-order valence-corrected chi connectivity index (χ4v) is 5.01. The highest BCUT2D eigenvalue weighted by Crippen LogP contribution is 2.28. The monoisotopic (exact) mass is 392 g/mol. The van der Waals surface area contributed by atoms with Crippen LogP contribution in [0.25, 0.3) is 0 Å². The van der Waals surface area contributed by atoms with Crippen molar-refractivity contribution in [3.63, 3.8) is 0 Å². The smallest absolute Gasteiger partial charge is 0.321 e. The molecule has 8 heteroatoms. The van der Waals surface area contributed by atoms with Crippen LogP contribution in [0.2, 0.25) is 0 Å². The Kier molecular flexibility index (Phi) is 5.39. The summed E-state index contributed by atoms with van der Waals surface area (Å²) in [5.41, 5.74) is 0.618. The van der Waals surface area contributed by atoms with Crippen LogP contribution >= 0.6 is 0 Å². The second kappa shape index (κ2) is 7.77. The van der Waals surface area contributed by atoms with Crippen LogP contribution in [0.3, 0.4) is 0 Å². The molecular weight excluding hydrogens is 364 g/mol. The SMILES string of the molecule is O=C(Nc1ccc(S(=O)(=O)NCC2CC2)cc1)N1CCN2CCCC[C@H]2C1. The number of piperidine rings is 1. The van der Waals surface area contributed by atoms with Gasteiger partial charge in [0.15, 0.2) is 0 Å². The number of fused-ring (bicyclic) bond motifs is 1. The lowest BCUT2D eigenvalue weighted by Gasteiger charge is -2.43. The molecule has 0 radical (unpaired) electrons. The topological polar surface area (TPSA) is 81.7 Å². The summed E-state index contributed by atoms with van der Waals surface area (Å²) in [6, 6.07) is 6.76. The maximum absolute atomic E-state index is 12.6. The maximum atomic E-state index is 12.6. The van der Waals surface area contributed by atoms with E-state index in [0.29, 0.717) is 24.2 Å². The molecule has 3 fully saturated rings. The molecule has 7 nitrogen and oxygen atoms in total. The van der Waals surface area contributed by atoms with Gasteiger partial charge in [0, 0.05) is 37.9 Å². The van der Waals surface area contributed by atoms with E-state index < -0.39 is 10.0 Å². The number of nitrogens with one attached hydrogen (secondary N) is 2. The van der Waals surface area contributed by atoms with Gasteiger partial charge < -0.3 is 10.2 Å². The number of rotatable bonds is 5. The van der Waals surface area contributed by atoms with E-state index in [4.69, 9.17) is 0 Å². The first-order valence-corrected chi connectivity index (χ1v) is 11.4. The van der Waals surface area contributed by atoms with Gasteiger partial charge in [-0.15, -0.1) is 0 Å². The summed E-state index contributed by atoms with van der Waals surface area (Å²) in [7, 11) is -3.47. The molecule has 4 rings (SSSR count). The van der Waals surface area contributed by atoms with Gasteiger partial charge in [-0.25, -0.2) is 17.9 Å². The van der Waals surface area contributed by atoms with Crippen molar-refractivity contribution >= 4 is 21.7 Å². The standard InChI is InChI=1S/C19H28N4O3S/c24-19(23-12-11-22-10-2-1-3-17(22)14-23)21-16-6-8-18(9-7-16)27(25,26)20-13-15-4-5-15/h6-9,15,17,20H,1-5,10-14H2,(H,21,24)/t17-/m0/s1. The third-order valence-corrected chi connectivity index (χ3v) is 7.24. The lowest BCUT2D eigenvalue weighted by Crippen LogP contribution is -2.56. The van der Waals surface area contributed by atoms with E-state index in [0.717, 1.165) is 45.4 Å². The molecule has 148 valence electrons. The highest BCUT2D eigenvalue weighted by atomic mass is 32.2. The average molecular weight is 393 g/mol. The molecule has 2 N–H and O–H groups in total. The summed E-state index contributed by atoms with van der Waals surface area (Å²) in [5, 5.41) is 2.90. The Morgan fingerprint density at radius 2 is 1.81 bits per heavy atom. The first kappa shape index (κ1) is 18.7. The van der Waals surface area contributed by atoms with Gasteiger partial charge in [-0.2, -0.15) is 0 Å². The van der Waals surface area contributed by atoms with E-state index in [-0.39, 0.29) is 10.9 Å². The van der Waals surface area contributed by atoms with Crippen molar-refractivity contribution in [1.82, 2.24) is 14.5 Å². The van der Waals surface area contributed by atoms with Crippen LogP contribution in [0, 0.1) is 5.92 Å². The molecule has 2 heterocycles. The summed E-state index contributed by atoms with van der Waals surface area (Å²) in [6.07, 6.45) is 5.85. The second-order valence-electron chi connectivity index (χ2n) is 7.88. The van der Waals surface area contributed by atoms with Crippen molar-refractivity contribution in [2.45, 2.75) is 43.0 Å². The molecule has 1 aromatic rings. The van der Waals surface area contributed by atoms with Gasteiger partial charge >= 0.3 is 6.03 Å². The second-order valence-corrected chi connectivity index (χ2v) is 9.65. The predicted molar refractivity (Wildman–Crippen MR) is 104 cm³/mol. The highest BCUT2D eigenvalue weighted by molar-refractivity contribution is 7.89. The number of hydrogen-bond acceptors (Lipinski definition) is 4. The summed E-state index contributed by atoms with van der Waals surface area (Å²) >= 11 is 0. The summed E-state index contributed by atoms with van der Waals surface area (Å²) in [4.78, 5) is 17.2. The molecule has 1 aliphatic carbocycles. The van der Waals surface area contributed by atoms with Gasteiger partial charge in [-0.1, -0.05) is 6.42 Å². The first-order chi connectivity index (χ1) is 13.0. The van der Waals surface area contributed by atoms with Crippen LogP contribution in [0.1, 0.15) is 32.1 Å². The van der Waals surface area contributed by atoms with Gasteiger partial charge in [0.25, 0.3) is 0 Å². The van der Waals surface area contributed by atoms with Crippen LogP contribution < -0.4 is 10.0 Å². The number of hydrogen-bond donors (Lipinski definition) is 2. The predicted octanol–water partition coefficient (Wildman–Crippen LogP) is 2.08. The van der Waals surface area contributed by atoms with Crippen LogP contribution in [0.15, 0.2) is 29.2 Å². The molecule has 2 aliphatic heterocycles. The fraction of sp³-hybridized carbons (Fsp3) is 0.632. The molecule has 3 aliphatic rings. The van der Waals surface area contributed by atoms with Gasteiger partial charge in [0.05, 0.1) is 4.90 Å². The molecule has 2 amide bonds. The Hall–Kier alpha value is -1.64. The molecule has 27 heavy (non-hydrogen) atoms. The zero-order valence-electron chi connectivity index (χ0n) is 15.6. The zero-order chi connectivity index (χ0) is 18.9. The molecule has 0 unspecified atom stereocenters. The van der Waals surface area contributed by atoms with E-state index in [1.807, 2.05) is 4.90 Å². The minimum atomic E-state index is -3.47. The van der Waals surface area contributed by atoms with Crippen molar-refractivity contribution in [2.24, 2.45) is 5.92 Å². The molecule has 0 aromatic heterocycles. The first-order valence-electron chi connectivity index (χ1n) is 9.91. The Balaban J connectivity index is 1.33. The Morgan fingerprint density at radius 3 is 2.56 bits per heavy atom. The quantitative estimate of drug-likeness (QED) is 0.804. The van der Waals surface area contributed by atoms with Crippen molar-refractivity contribution in [1.29, 1.82) is 0 Å². The molecule has 2 saturated heterocycles. The highest BCUT2D eigenvalue weighted by Gasteiger charge is 2.31. The largest absolute Gasteiger partial charge is 0.322 e. The van der Waals surface area contributed by atoms with Gasteiger partial charge in [0.1, 0.15) is 0 Å². The molecule has 0 spiro atoms. The number of piperazine rings is 1. The summed E-state index contributed by atoms with van der Waals surface area (Å²) in [5.74, 6) is 0.489. The van der Waals surface area contributed by atoms with Crippen LogP contribution in [-0.2, 0) is 10.0 Å². The number of carbonyl (C=O) groups is 1. The number of benzene rings is 1. The summed E-state index contributed by atoms with van der Waals surface area (Å²) in [6.45, 7) is 4.09. The van der Waals surface area contributed by atoms with Crippen LogP contribution in [-0.4, -0.2) is 63.0 Å². The van der Waals surface area contributed by atoms with E-state index in [1.54, 1.807) is 24.3 Å². The minimum absolute atomic E-state index is 0.109. The number of sulfonamides is 1. The average Bonchev–Trinajstić information content (AvgIpc) is 3.51. The van der Waals surface area contributed by atoms with Crippen molar-refractivity contribution in [3.8, 4) is 0 Å². The van der Waals surface area contributed by atoms with Gasteiger partial charge in [-0.3, -0.25) is 4.90 Å². The summed E-state index contributed by atoms with van der Waals surface area (Å²) < 4.78 is 27.2. The Morgan fingerprint density at radius 1 is 1.04 bits per heavy atom. The van der Waals surface area contributed by atoms with Crippen molar-refractivity contribution in [2.75, 3.05) is 38.0 Å². The third-order valence-electron chi connectivity index (χ3n) is 5.80. The Labute approximate surface area is 161 Å². The number of anilines is 1. The van der Waals surface area contributed by atoms with Crippen LogP contribution in [0.5, 0.6) is 0 Å². The van der Waals surface area contributed by atoms with Gasteiger partial charge in [0.2, 0.25) is 10.0 Å². The Bertz CT molecular complexity index is 777. The number of amides is 2. The number of urea groups is 1. The molecule has 1 saturated carbocycles. The fourth-order valence-electron chi connectivity index (χ4n) is 3.89. The van der Waals surface area contributed by atoms with E-state index in [9.17, 15) is 13.2 Å². The molecular formula is C19H28N4O3S. The van der Waals surface area contributed by atoms with Crippen LogP contribution in [0.4, 0.5) is 10.5 Å².